The number of amides is 1. The van der Waals surface area contributed by atoms with E-state index in [0.717, 1.165) is 29.8 Å². The van der Waals surface area contributed by atoms with Crippen LogP contribution in [0.4, 0.5) is 11.5 Å². The normalized spacial score (nSPS) is 11.0. The first-order valence-corrected chi connectivity index (χ1v) is 8.93. The lowest BCUT2D eigenvalue weighted by Gasteiger charge is -2.16. The van der Waals surface area contributed by atoms with Gasteiger partial charge in [-0.05, 0) is 37.5 Å². The third-order valence-corrected chi connectivity index (χ3v) is 4.36. The summed E-state index contributed by atoms with van der Waals surface area (Å²) in [4.78, 5) is 31.3. The van der Waals surface area contributed by atoms with Crippen LogP contribution in [0.1, 0.15) is 24.5 Å². The average Bonchev–Trinajstić information content (AvgIpc) is 2.94. The lowest BCUT2D eigenvalue weighted by Crippen LogP contribution is -2.28. The number of hydrogen-bond acceptors (Lipinski definition) is 5. The molecule has 2 aromatic heterocycles. The molecule has 1 amide bonds. The molecular formula is C19H24N6O2. The smallest absolute Gasteiger partial charge is 0.350 e. The van der Waals surface area contributed by atoms with E-state index < -0.39 is 0 Å². The highest BCUT2D eigenvalue weighted by molar-refractivity contribution is 5.91. The number of rotatable bonds is 6. The molecule has 0 spiro atoms. The van der Waals surface area contributed by atoms with Crippen LogP contribution in [0.15, 0.2) is 35.4 Å². The number of benzene rings is 1. The van der Waals surface area contributed by atoms with Crippen molar-refractivity contribution in [2.24, 2.45) is 0 Å². The van der Waals surface area contributed by atoms with E-state index in [9.17, 15) is 9.59 Å². The van der Waals surface area contributed by atoms with Gasteiger partial charge in [0.25, 0.3) is 0 Å². The van der Waals surface area contributed by atoms with Crippen molar-refractivity contribution in [1.82, 2.24) is 19.2 Å². The minimum absolute atomic E-state index is 0.162. The van der Waals surface area contributed by atoms with Crippen LogP contribution in [-0.4, -0.2) is 38.7 Å². The Bertz CT molecular complexity index is 1040. The molecule has 0 aliphatic rings. The summed E-state index contributed by atoms with van der Waals surface area (Å²) >= 11 is 0. The monoisotopic (exact) mass is 368 g/mol. The number of aromatic nitrogens is 4. The molecule has 1 aromatic carbocycles. The van der Waals surface area contributed by atoms with Crippen LogP contribution in [0, 0.1) is 13.8 Å². The first-order chi connectivity index (χ1) is 12.9. The molecule has 0 bridgehead atoms. The zero-order valence-corrected chi connectivity index (χ0v) is 16.1. The highest BCUT2D eigenvalue weighted by Gasteiger charge is 2.16. The number of aryl methyl sites for hydroxylation is 2. The van der Waals surface area contributed by atoms with Gasteiger partial charge in [0.2, 0.25) is 11.6 Å². The van der Waals surface area contributed by atoms with Gasteiger partial charge in [-0.1, -0.05) is 19.1 Å². The van der Waals surface area contributed by atoms with E-state index >= 15 is 0 Å². The molecule has 0 saturated heterocycles. The maximum atomic E-state index is 12.6. The van der Waals surface area contributed by atoms with E-state index in [-0.39, 0.29) is 18.1 Å². The Morgan fingerprint density at radius 2 is 2.07 bits per heavy atom. The first-order valence-electron chi connectivity index (χ1n) is 8.93. The quantitative estimate of drug-likeness (QED) is 0.719. The SMILES string of the molecule is CCCN(C)c1nccn2c(=O)n(CC(=O)Nc3cc(C)ccc3C)nc12. The molecule has 0 radical (unpaired) electrons. The van der Waals surface area contributed by atoms with Crippen LogP contribution in [0.2, 0.25) is 0 Å². The van der Waals surface area contributed by atoms with E-state index in [4.69, 9.17) is 0 Å². The summed E-state index contributed by atoms with van der Waals surface area (Å²) in [7, 11) is 1.91. The molecular weight excluding hydrogens is 344 g/mol. The summed E-state index contributed by atoms with van der Waals surface area (Å²) in [6.45, 7) is 6.58. The van der Waals surface area contributed by atoms with Crippen molar-refractivity contribution in [3.63, 3.8) is 0 Å². The number of hydrogen-bond donors (Lipinski definition) is 1. The Kier molecular flexibility index (Phi) is 5.25. The van der Waals surface area contributed by atoms with E-state index in [2.05, 4.69) is 22.3 Å². The number of nitrogens with one attached hydrogen (secondary N) is 1. The van der Waals surface area contributed by atoms with Gasteiger partial charge in [-0.15, -0.1) is 5.10 Å². The molecule has 8 heteroatoms. The lowest BCUT2D eigenvalue weighted by atomic mass is 10.1. The second-order valence-corrected chi connectivity index (χ2v) is 6.67. The van der Waals surface area contributed by atoms with Crippen LogP contribution in [0.5, 0.6) is 0 Å². The van der Waals surface area contributed by atoms with E-state index in [0.29, 0.717) is 11.5 Å². The minimum atomic E-state index is -0.366. The minimum Gasteiger partial charge on any atom is -0.357 e. The molecule has 0 atom stereocenters. The number of carbonyl (C=O) groups is 1. The summed E-state index contributed by atoms with van der Waals surface area (Å²) in [6.07, 6.45) is 4.08. The van der Waals surface area contributed by atoms with Gasteiger partial charge in [0.05, 0.1) is 0 Å². The summed E-state index contributed by atoms with van der Waals surface area (Å²) < 4.78 is 2.58. The van der Waals surface area contributed by atoms with Crippen molar-refractivity contribution in [2.45, 2.75) is 33.7 Å². The maximum Gasteiger partial charge on any atom is 0.350 e. The fraction of sp³-hybridized carbons (Fsp3) is 0.368. The Hall–Kier alpha value is -3.16. The molecule has 0 aliphatic carbocycles. The Morgan fingerprint density at radius 1 is 1.30 bits per heavy atom. The van der Waals surface area contributed by atoms with Crippen molar-refractivity contribution in [3.05, 3.63) is 52.2 Å². The van der Waals surface area contributed by atoms with Gasteiger partial charge in [0.15, 0.2) is 5.82 Å². The predicted molar refractivity (Wildman–Crippen MR) is 105 cm³/mol. The Labute approximate surface area is 157 Å². The summed E-state index contributed by atoms with van der Waals surface area (Å²) in [6, 6.07) is 5.84. The molecule has 0 unspecified atom stereocenters. The number of anilines is 2. The number of carbonyl (C=O) groups excluding carboxylic acids is 1. The molecule has 0 fully saturated rings. The van der Waals surface area contributed by atoms with E-state index in [1.165, 1.54) is 9.08 Å². The summed E-state index contributed by atoms with van der Waals surface area (Å²) in [5.74, 6) is 0.316. The van der Waals surface area contributed by atoms with Crippen molar-refractivity contribution in [2.75, 3.05) is 23.8 Å². The highest BCUT2D eigenvalue weighted by atomic mass is 16.2. The van der Waals surface area contributed by atoms with Crippen LogP contribution in [-0.2, 0) is 11.3 Å². The van der Waals surface area contributed by atoms with Gasteiger partial charge in [-0.2, -0.15) is 0 Å². The van der Waals surface area contributed by atoms with E-state index in [1.807, 2.05) is 44.0 Å². The summed E-state index contributed by atoms with van der Waals surface area (Å²) in [5, 5.41) is 7.19. The van der Waals surface area contributed by atoms with E-state index in [1.54, 1.807) is 12.4 Å². The van der Waals surface area contributed by atoms with Gasteiger partial charge in [0, 0.05) is 31.7 Å². The molecule has 142 valence electrons. The lowest BCUT2D eigenvalue weighted by molar-refractivity contribution is -0.117. The summed E-state index contributed by atoms with van der Waals surface area (Å²) in [5.41, 5.74) is 2.83. The predicted octanol–water partition coefficient (Wildman–Crippen LogP) is 1.99. The van der Waals surface area contributed by atoms with Gasteiger partial charge >= 0.3 is 5.69 Å². The van der Waals surface area contributed by atoms with Crippen LogP contribution in [0.25, 0.3) is 5.65 Å². The highest BCUT2D eigenvalue weighted by Crippen LogP contribution is 2.17. The zero-order valence-electron chi connectivity index (χ0n) is 16.1. The molecule has 8 nitrogen and oxygen atoms in total. The third-order valence-electron chi connectivity index (χ3n) is 4.36. The van der Waals surface area contributed by atoms with Crippen molar-refractivity contribution >= 4 is 23.1 Å². The molecule has 3 aromatic rings. The molecule has 2 heterocycles. The Morgan fingerprint density at radius 3 is 2.81 bits per heavy atom. The molecule has 1 N–H and O–H groups in total. The second kappa shape index (κ2) is 7.61. The number of nitrogens with zero attached hydrogens (tertiary/aromatic N) is 5. The third kappa shape index (κ3) is 3.84. The fourth-order valence-corrected chi connectivity index (χ4v) is 2.95. The van der Waals surface area contributed by atoms with Gasteiger partial charge in [0.1, 0.15) is 6.54 Å². The zero-order chi connectivity index (χ0) is 19.6. The molecule has 0 aliphatic heterocycles. The van der Waals surface area contributed by atoms with Gasteiger partial charge in [-0.3, -0.25) is 4.79 Å². The largest absolute Gasteiger partial charge is 0.357 e. The van der Waals surface area contributed by atoms with Crippen LogP contribution in [0.3, 0.4) is 0 Å². The molecule has 27 heavy (non-hydrogen) atoms. The molecule has 3 rings (SSSR count). The van der Waals surface area contributed by atoms with Crippen molar-refractivity contribution in [1.29, 1.82) is 0 Å². The first kappa shape index (κ1) is 18.6. The topological polar surface area (TPSA) is 84.5 Å². The molecule has 0 saturated carbocycles. The number of fused-ring (bicyclic) bond motifs is 1. The van der Waals surface area contributed by atoms with Crippen molar-refractivity contribution in [3.8, 4) is 0 Å². The van der Waals surface area contributed by atoms with Crippen LogP contribution >= 0.6 is 0 Å². The van der Waals surface area contributed by atoms with Gasteiger partial charge < -0.3 is 10.2 Å². The standard InChI is InChI=1S/C19H24N6O2/c1-5-9-23(4)17-18-22-25(19(27)24(18)10-8-20-17)12-16(26)21-15-11-13(2)6-7-14(15)3/h6-8,10-11H,5,9,12H2,1-4H3,(H,21,26). The average molecular weight is 368 g/mol. The van der Waals surface area contributed by atoms with Crippen LogP contribution < -0.4 is 15.9 Å². The maximum absolute atomic E-state index is 12.6. The van der Waals surface area contributed by atoms with Crippen molar-refractivity contribution < 1.29 is 4.79 Å². The second-order valence-electron chi connectivity index (χ2n) is 6.67. The fourth-order valence-electron chi connectivity index (χ4n) is 2.95. The van der Waals surface area contributed by atoms with Gasteiger partial charge in [-0.25, -0.2) is 18.9 Å². The Balaban J connectivity index is 1.88.